The number of likely N-dealkylation sites (N-methyl/N-ethyl adjacent to an activating group) is 1. The first-order valence-electron chi connectivity index (χ1n) is 7.52. The molecule has 3 N–H and O–H groups in total. The summed E-state index contributed by atoms with van der Waals surface area (Å²) in [6.45, 7) is 2.50. The second-order valence-corrected chi connectivity index (χ2v) is 6.03. The smallest absolute Gasteiger partial charge is 0.238 e. The van der Waals surface area contributed by atoms with Gasteiger partial charge in [0.15, 0.2) is 0 Å². The molecule has 0 bridgehead atoms. The van der Waals surface area contributed by atoms with Crippen LogP contribution in [0.15, 0.2) is 18.2 Å². The highest BCUT2D eigenvalue weighted by molar-refractivity contribution is 5.92. The van der Waals surface area contributed by atoms with Gasteiger partial charge in [0.05, 0.1) is 12.2 Å². The Morgan fingerprint density at radius 3 is 2.86 bits per heavy atom. The molecule has 1 aromatic carbocycles. The summed E-state index contributed by atoms with van der Waals surface area (Å²) in [6.07, 6.45) is 4.81. The predicted octanol–water partition coefficient (Wildman–Crippen LogP) is 2.86. The molecular weight excluding hydrogens is 269 g/mol. The zero-order valence-corrected chi connectivity index (χ0v) is 12.7. The van der Waals surface area contributed by atoms with Crippen molar-refractivity contribution in [3.63, 3.8) is 0 Å². The molecule has 0 aromatic heterocycles. The van der Waals surface area contributed by atoms with Gasteiger partial charge in [-0.3, -0.25) is 9.69 Å². The Balaban J connectivity index is 1.93. The number of nitrogens with zero attached hydrogens (tertiary/aromatic N) is 1. The summed E-state index contributed by atoms with van der Waals surface area (Å²) in [4.78, 5) is 14.1. The summed E-state index contributed by atoms with van der Waals surface area (Å²) >= 11 is 0. The van der Waals surface area contributed by atoms with E-state index in [1.54, 1.807) is 0 Å². The fraction of sp³-hybridized carbons (Fsp3) is 0.562. The van der Waals surface area contributed by atoms with Crippen LogP contribution < -0.4 is 11.1 Å². The van der Waals surface area contributed by atoms with Crippen molar-refractivity contribution < 1.29 is 9.18 Å². The maximum atomic E-state index is 13.6. The highest BCUT2D eigenvalue weighted by Crippen LogP contribution is 2.27. The number of hydrogen-bond acceptors (Lipinski definition) is 3. The highest BCUT2D eigenvalue weighted by Gasteiger charge is 2.26. The summed E-state index contributed by atoms with van der Waals surface area (Å²) in [5, 5.41) is 2.60. The van der Waals surface area contributed by atoms with Crippen molar-refractivity contribution in [3.8, 4) is 0 Å². The van der Waals surface area contributed by atoms with Gasteiger partial charge in [0.25, 0.3) is 0 Å². The van der Waals surface area contributed by atoms with E-state index in [0.29, 0.717) is 17.6 Å². The first-order valence-corrected chi connectivity index (χ1v) is 7.52. The summed E-state index contributed by atoms with van der Waals surface area (Å²) in [7, 11) is 1.96. The van der Waals surface area contributed by atoms with E-state index in [9.17, 15) is 9.18 Å². The number of benzene rings is 1. The van der Waals surface area contributed by atoms with E-state index in [4.69, 9.17) is 5.73 Å². The minimum atomic E-state index is -0.466. The number of hydrogen-bond donors (Lipinski definition) is 2. The monoisotopic (exact) mass is 293 g/mol. The van der Waals surface area contributed by atoms with Crippen molar-refractivity contribution in [2.45, 2.75) is 38.6 Å². The second-order valence-electron chi connectivity index (χ2n) is 6.03. The van der Waals surface area contributed by atoms with Crippen LogP contribution in [0.2, 0.25) is 0 Å². The molecule has 116 valence electrons. The third-order valence-electron chi connectivity index (χ3n) is 4.29. The minimum Gasteiger partial charge on any atom is -0.399 e. The molecular formula is C16H24FN3O. The molecule has 1 aromatic rings. The topological polar surface area (TPSA) is 58.4 Å². The van der Waals surface area contributed by atoms with Crippen molar-refractivity contribution in [1.29, 1.82) is 0 Å². The molecule has 0 radical (unpaired) electrons. The molecule has 5 heteroatoms. The lowest BCUT2D eigenvalue weighted by Gasteiger charge is -2.35. The van der Waals surface area contributed by atoms with E-state index >= 15 is 0 Å². The number of nitrogens with one attached hydrogen (secondary N) is 1. The highest BCUT2D eigenvalue weighted by atomic mass is 19.1. The van der Waals surface area contributed by atoms with Gasteiger partial charge in [-0.2, -0.15) is 0 Å². The van der Waals surface area contributed by atoms with Gasteiger partial charge < -0.3 is 11.1 Å². The summed E-state index contributed by atoms with van der Waals surface area (Å²) in [5.41, 5.74) is 6.19. The average Bonchev–Trinajstić information content (AvgIpc) is 2.43. The number of nitrogens with two attached hydrogens (primary N) is 1. The van der Waals surface area contributed by atoms with Gasteiger partial charge in [-0.15, -0.1) is 0 Å². The number of carbonyl (C=O) groups excluding carboxylic acids is 1. The van der Waals surface area contributed by atoms with Gasteiger partial charge >= 0.3 is 0 Å². The third-order valence-corrected chi connectivity index (χ3v) is 4.29. The van der Waals surface area contributed by atoms with Crippen LogP contribution in [0.25, 0.3) is 0 Å². The molecule has 1 aliphatic rings. The van der Waals surface area contributed by atoms with Crippen LogP contribution in [0.4, 0.5) is 15.8 Å². The Morgan fingerprint density at radius 1 is 1.43 bits per heavy atom. The molecule has 4 nitrogen and oxygen atoms in total. The Morgan fingerprint density at radius 2 is 2.14 bits per heavy atom. The molecule has 0 heterocycles. The van der Waals surface area contributed by atoms with Crippen molar-refractivity contribution in [1.82, 2.24) is 4.90 Å². The van der Waals surface area contributed by atoms with Crippen molar-refractivity contribution in [2.24, 2.45) is 5.92 Å². The first kappa shape index (κ1) is 15.8. The summed E-state index contributed by atoms with van der Waals surface area (Å²) in [5.74, 6) is -0.0772. The molecule has 1 saturated carbocycles. The molecule has 0 spiro atoms. The van der Waals surface area contributed by atoms with Gasteiger partial charge in [0, 0.05) is 11.7 Å². The maximum absolute atomic E-state index is 13.6. The van der Waals surface area contributed by atoms with E-state index in [2.05, 4.69) is 17.1 Å². The zero-order valence-electron chi connectivity index (χ0n) is 12.7. The molecule has 0 saturated heterocycles. The van der Waals surface area contributed by atoms with Gasteiger partial charge in [0.2, 0.25) is 5.91 Å². The van der Waals surface area contributed by atoms with Crippen LogP contribution in [0, 0.1) is 11.7 Å². The predicted molar refractivity (Wildman–Crippen MR) is 83.5 cm³/mol. The summed E-state index contributed by atoms with van der Waals surface area (Å²) < 4.78 is 13.6. The largest absolute Gasteiger partial charge is 0.399 e. The lowest BCUT2D eigenvalue weighted by molar-refractivity contribution is -0.117. The molecule has 1 fully saturated rings. The van der Waals surface area contributed by atoms with Gasteiger partial charge in [-0.25, -0.2) is 4.39 Å². The number of carbonyl (C=O) groups is 1. The summed E-state index contributed by atoms with van der Waals surface area (Å²) in [6, 6.07) is 4.60. The molecule has 2 atom stereocenters. The molecule has 2 unspecified atom stereocenters. The Bertz CT molecular complexity index is 506. The number of amides is 1. The number of halogens is 1. The molecule has 2 rings (SSSR count). The fourth-order valence-electron chi connectivity index (χ4n) is 3.12. The van der Waals surface area contributed by atoms with E-state index < -0.39 is 5.82 Å². The molecule has 21 heavy (non-hydrogen) atoms. The lowest BCUT2D eigenvalue weighted by Crippen LogP contribution is -2.42. The maximum Gasteiger partial charge on any atom is 0.238 e. The number of rotatable bonds is 4. The van der Waals surface area contributed by atoms with Crippen LogP contribution in [-0.4, -0.2) is 30.4 Å². The Kier molecular flexibility index (Phi) is 5.17. The van der Waals surface area contributed by atoms with Crippen LogP contribution in [0.1, 0.15) is 32.6 Å². The van der Waals surface area contributed by atoms with Gasteiger partial charge in [-0.05, 0) is 44.0 Å². The normalized spacial score (nSPS) is 22.3. The van der Waals surface area contributed by atoms with Crippen LogP contribution in [0.5, 0.6) is 0 Å². The van der Waals surface area contributed by atoms with Gasteiger partial charge in [0.1, 0.15) is 5.82 Å². The number of nitrogen functional groups attached to an aromatic ring is 1. The second kappa shape index (κ2) is 6.89. The average molecular weight is 293 g/mol. The molecule has 1 amide bonds. The van der Waals surface area contributed by atoms with Crippen LogP contribution >= 0.6 is 0 Å². The van der Waals surface area contributed by atoms with Crippen molar-refractivity contribution >= 4 is 17.3 Å². The van der Waals surface area contributed by atoms with E-state index in [-0.39, 0.29) is 18.1 Å². The minimum absolute atomic E-state index is 0.144. The quantitative estimate of drug-likeness (QED) is 0.839. The Hall–Kier alpha value is -1.62. The van der Waals surface area contributed by atoms with Crippen LogP contribution in [-0.2, 0) is 4.79 Å². The molecule has 0 aliphatic heterocycles. The zero-order chi connectivity index (χ0) is 15.4. The van der Waals surface area contributed by atoms with E-state index in [1.165, 1.54) is 37.5 Å². The van der Waals surface area contributed by atoms with E-state index in [1.807, 2.05) is 7.05 Å². The third kappa shape index (κ3) is 4.17. The lowest BCUT2D eigenvalue weighted by atomic mass is 9.85. The number of anilines is 2. The SMILES string of the molecule is CC1CCCCC1N(C)CC(=O)Nc1cc(N)ccc1F. The standard InChI is InChI=1S/C16H24FN3O/c1-11-5-3-4-6-15(11)20(2)10-16(21)19-14-9-12(18)7-8-13(14)17/h7-9,11,15H,3-6,10,18H2,1-2H3,(H,19,21). The van der Waals surface area contributed by atoms with Gasteiger partial charge in [-0.1, -0.05) is 19.8 Å². The van der Waals surface area contributed by atoms with Crippen molar-refractivity contribution in [3.05, 3.63) is 24.0 Å². The van der Waals surface area contributed by atoms with Crippen LogP contribution in [0.3, 0.4) is 0 Å². The Labute approximate surface area is 125 Å². The fourth-order valence-corrected chi connectivity index (χ4v) is 3.12. The van der Waals surface area contributed by atoms with E-state index in [0.717, 1.165) is 6.42 Å². The molecule has 1 aliphatic carbocycles. The van der Waals surface area contributed by atoms with Crippen molar-refractivity contribution in [2.75, 3.05) is 24.6 Å². The first-order chi connectivity index (χ1) is 9.97.